The molecule has 0 bridgehead atoms. The van der Waals surface area contributed by atoms with Crippen LogP contribution in [0.25, 0.3) is 83.9 Å². The third-order valence-corrected chi connectivity index (χ3v) is 11.5. The number of pyridine rings is 1. The van der Waals surface area contributed by atoms with Crippen molar-refractivity contribution in [1.82, 2.24) is 14.5 Å². The molecule has 0 saturated carbocycles. The summed E-state index contributed by atoms with van der Waals surface area (Å²) in [5, 5.41) is 11.8. The maximum atomic E-state index is 11.8. The molecule has 2 aromatic heterocycles. The maximum absolute atomic E-state index is 11.8. The molecule has 316 valence electrons. The molecule has 0 spiro atoms. The molecule has 0 aliphatic rings. The summed E-state index contributed by atoms with van der Waals surface area (Å²) in [6.45, 7) is 6.12. The molecule has 9 aromatic rings. The molecule has 0 saturated heterocycles. The molecule has 1 N–H and O–H groups in total. The van der Waals surface area contributed by atoms with Gasteiger partial charge < -0.3 is 5.11 Å². The largest absolute Gasteiger partial charge is 0.507 e. The first-order valence-electron chi connectivity index (χ1n) is 24.8. The van der Waals surface area contributed by atoms with Crippen molar-refractivity contribution in [3.05, 3.63) is 191 Å². The summed E-state index contributed by atoms with van der Waals surface area (Å²) in [5.41, 5.74) is 12.8. The van der Waals surface area contributed by atoms with Crippen LogP contribution in [-0.4, -0.2) is 19.6 Å². The zero-order chi connectivity index (χ0) is 50.1. The zero-order valence-electron chi connectivity index (χ0n) is 44.0. The summed E-state index contributed by atoms with van der Waals surface area (Å²) in [4.78, 5) is 10.1. The molecule has 0 radical (unpaired) electrons. The van der Waals surface area contributed by atoms with Crippen molar-refractivity contribution in [3.63, 3.8) is 0 Å². The molecule has 9 rings (SSSR count). The number of rotatable bonds is 9. The molecular formula is C58H52N3OPt-. The minimum atomic E-state index is -2.61. The van der Waals surface area contributed by atoms with Crippen molar-refractivity contribution in [2.75, 3.05) is 0 Å². The second-order valence-corrected chi connectivity index (χ2v) is 16.5. The van der Waals surface area contributed by atoms with E-state index in [1.54, 1.807) is 70.3 Å². The van der Waals surface area contributed by atoms with Crippen LogP contribution in [0, 0.1) is 33.6 Å². The third-order valence-electron chi connectivity index (χ3n) is 11.5. The van der Waals surface area contributed by atoms with E-state index in [0.29, 0.717) is 78.3 Å². The number of phenolic OH excluding ortho intramolecular Hbond substituents is 1. The molecule has 2 heterocycles. The zero-order valence-corrected chi connectivity index (χ0v) is 38.3. The van der Waals surface area contributed by atoms with Gasteiger partial charge in [-0.25, -0.2) is 4.98 Å². The van der Waals surface area contributed by atoms with Crippen LogP contribution in [-0.2, 0) is 21.1 Å². The summed E-state index contributed by atoms with van der Waals surface area (Å²) in [6.07, 6.45) is 1.73. The summed E-state index contributed by atoms with van der Waals surface area (Å²) in [7, 11) is 0. The Bertz CT molecular complexity index is 3430. The predicted molar refractivity (Wildman–Crippen MR) is 259 cm³/mol. The van der Waals surface area contributed by atoms with Crippen molar-refractivity contribution in [2.24, 2.45) is 0 Å². The van der Waals surface area contributed by atoms with Gasteiger partial charge in [0.25, 0.3) is 0 Å². The predicted octanol–water partition coefficient (Wildman–Crippen LogP) is 15.4. The van der Waals surface area contributed by atoms with E-state index in [-0.39, 0.29) is 37.9 Å². The van der Waals surface area contributed by atoms with Crippen LogP contribution in [0.3, 0.4) is 0 Å². The van der Waals surface area contributed by atoms with E-state index in [0.717, 1.165) is 27.8 Å². The van der Waals surface area contributed by atoms with E-state index in [4.69, 9.17) is 20.9 Å². The molecular weight excluding hydrogens is 950 g/mol. The number of fused-ring (bicyclic) bond motifs is 1. The Hall–Kier alpha value is -6.35. The Morgan fingerprint density at radius 3 is 1.98 bits per heavy atom. The fourth-order valence-corrected chi connectivity index (χ4v) is 8.22. The van der Waals surface area contributed by atoms with Gasteiger partial charge in [0.15, 0.2) is 0 Å². The van der Waals surface area contributed by atoms with Crippen LogP contribution in [0.1, 0.15) is 83.8 Å². The van der Waals surface area contributed by atoms with Gasteiger partial charge >= 0.3 is 0 Å². The second-order valence-electron chi connectivity index (χ2n) is 16.5. The quantitative estimate of drug-likeness (QED) is 0.147. The fourth-order valence-electron chi connectivity index (χ4n) is 8.22. The molecule has 0 aliphatic heterocycles. The van der Waals surface area contributed by atoms with Gasteiger partial charge in [-0.2, -0.15) is 0 Å². The van der Waals surface area contributed by atoms with Gasteiger partial charge in [0.1, 0.15) is 11.6 Å². The summed E-state index contributed by atoms with van der Waals surface area (Å²) in [6, 6.07) is 49.0. The van der Waals surface area contributed by atoms with E-state index in [9.17, 15) is 5.11 Å². The number of aromatic hydroxyl groups is 1. The van der Waals surface area contributed by atoms with Crippen molar-refractivity contribution < 1.29 is 37.1 Å². The third kappa shape index (κ3) is 8.58. The van der Waals surface area contributed by atoms with Gasteiger partial charge in [-0.15, -0.1) is 23.8 Å². The number of imidazole rings is 1. The fraction of sp³-hybridized carbons (Fsp3) is 0.172. The Morgan fingerprint density at radius 2 is 1.27 bits per heavy atom. The molecule has 0 amide bonds. The molecule has 0 unspecified atom stereocenters. The second kappa shape index (κ2) is 17.8. The Morgan fingerprint density at radius 1 is 0.587 bits per heavy atom. The van der Waals surface area contributed by atoms with Crippen molar-refractivity contribution >= 4 is 11.0 Å². The van der Waals surface area contributed by atoms with Gasteiger partial charge in [-0.1, -0.05) is 153 Å². The van der Waals surface area contributed by atoms with E-state index < -0.39 is 25.5 Å². The molecule has 4 nitrogen and oxygen atoms in total. The van der Waals surface area contributed by atoms with Crippen molar-refractivity contribution in [3.8, 4) is 78.6 Å². The summed E-state index contributed by atoms with van der Waals surface area (Å²) in [5.74, 6) is -1.58. The topological polar surface area (TPSA) is 50.9 Å². The van der Waals surface area contributed by atoms with Gasteiger partial charge in [0, 0.05) is 43.9 Å². The first-order valence-corrected chi connectivity index (χ1v) is 20.8. The molecule has 5 heteroatoms. The SMILES string of the molecule is [2H]C([2H])([2H])c1ccc(-c2ccnc(-c3[c-]c(-c4cccc5c4nc(-c4cc(C)cc(C)c4O)n5-c4ccc(-c5cc(C([2H])(C)C)cc(C([2H])(C)C)c5)cc4C([2H])([2H])[2H])cc(-c4ccccc4)c3)c2)cc1.[Pt]. The Kier molecular flexibility index (Phi) is 9.65. The number of aryl methyl sites for hydroxylation is 4. The van der Waals surface area contributed by atoms with Crippen LogP contribution in [0.4, 0.5) is 0 Å². The number of aromatic nitrogens is 3. The first-order chi connectivity index (χ1) is 32.9. The van der Waals surface area contributed by atoms with E-state index in [1.807, 2.05) is 122 Å². The maximum Gasteiger partial charge on any atom is 0.148 e. The number of para-hydroxylation sites is 1. The van der Waals surface area contributed by atoms with Crippen LogP contribution in [0.5, 0.6) is 5.75 Å². The average molecular weight is 1010 g/mol. The average Bonchev–Trinajstić information content (AvgIpc) is 3.71. The van der Waals surface area contributed by atoms with Crippen LogP contribution < -0.4 is 0 Å². The number of nitrogens with zero attached hydrogens (tertiary/aromatic N) is 3. The van der Waals surface area contributed by atoms with Crippen LogP contribution in [0.2, 0.25) is 0 Å². The monoisotopic (exact) mass is 1010 g/mol. The van der Waals surface area contributed by atoms with Gasteiger partial charge in [0.2, 0.25) is 0 Å². The molecule has 63 heavy (non-hydrogen) atoms. The minimum Gasteiger partial charge on any atom is -0.507 e. The Balaban J connectivity index is 0.00000676. The summed E-state index contributed by atoms with van der Waals surface area (Å²) >= 11 is 0. The smallest absolute Gasteiger partial charge is 0.148 e. The number of phenols is 1. The summed E-state index contributed by atoms with van der Waals surface area (Å²) < 4.78 is 70.1. The first kappa shape index (κ1) is 34.2. The van der Waals surface area contributed by atoms with Crippen molar-refractivity contribution in [1.29, 1.82) is 0 Å². The van der Waals surface area contributed by atoms with E-state index in [1.165, 1.54) is 0 Å². The van der Waals surface area contributed by atoms with E-state index >= 15 is 0 Å². The van der Waals surface area contributed by atoms with E-state index in [2.05, 4.69) is 12.1 Å². The molecule has 0 atom stereocenters. The van der Waals surface area contributed by atoms with Crippen LogP contribution in [0.15, 0.2) is 152 Å². The molecule has 7 aromatic carbocycles. The van der Waals surface area contributed by atoms with Gasteiger partial charge in [0.05, 0.1) is 22.3 Å². The number of hydrogen-bond acceptors (Lipinski definition) is 3. The normalized spacial score (nSPS) is 14.0. The Labute approximate surface area is 397 Å². The van der Waals surface area contributed by atoms with Gasteiger partial charge in [-0.05, 0) is 125 Å². The van der Waals surface area contributed by atoms with Crippen molar-refractivity contribution in [2.45, 2.75) is 67.0 Å². The molecule has 0 fully saturated rings. The van der Waals surface area contributed by atoms with Crippen LogP contribution >= 0.6 is 0 Å². The number of benzene rings is 7. The standard InChI is InChI=1S/C58H52N3O.Pt/c1-35(2)45-28-46(36(3)4)30-48(29-45)43-21-22-54(39(7)27-43)61-55-16-12-15-51(56(55)60-58(61)52-26-38(6)25-40(8)57(52)62)49-31-47(41-13-10-9-11-14-41)32-50(33-49)53-34-44(23-24-59-53)42-19-17-37(5)18-20-42;/h9-32,34-36,62H,1-8H3;/q-1;/i5D3,7D3,35D,36D;. The number of hydrogen-bond donors (Lipinski definition) is 1. The van der Waals surface area contributed by atoms with Gasteiger partial charge in [-0.3, -0.25) is 9.55 Å². The minimum absolute atomic E-state index is 0. The molecule has 0 aliphatic carbocycles.